The molecule has 130 valence electrons. The van der Waals surface area contributed by atoms with Crippen molar-refractivity contribution in [1.29, 1.82) is 0 Å². The molecule has 0 aromatic heterocycles. The monoisotopic (exact) mass is 357 g/mol. The molecule has 2 aromatic carbocycles. The molecule has 4 nitrogen and oxygen atoms in total. The van der Waals surface area contributed by atoms with Gasteiger partial charge in [-0.25, -0.2) is 0 Å². The van der Waals surface area contributed by atoms with Crippen molar-refractivity contribution in [1.82, 2.24) is 0 Å². The van der Waals surface area contributed by atoms with Crippen molar-refractivity contribution in [2.75, 3.05) is 18.5 Å². The van der Waals surface area contributed by atoms with Crippen molar-refractivity contribution in [2.45, 2.75) is 20.3 Å². The van der Waals surface area contributed by atoms with Crippen LogP contribution in [0.4, 0.5) is 5.69 Å². The number of benzene rings is 2. The first-order chi connectivity index (χ1) is 12.1. The molecular weight excluding hydrogens is 338 g/mol. The van der Waals surface area contributed by atoms with E-state index in [2.05, 4.69) is 12.2 Å². The third-order valence-corrected chi connectivity index (χ3v) is 4.04. The number of hydrogen-bond acceptors (Lipinski definition) is 3. The first-order valence-corrected chi connectivity index (χ1v) is 8.72. The predicted molar refractivity (Wildman–Crippen MR) is 101 cm³/mol. The number of amides is 1. The highest BCUT2D eigenvalue weighted by molar-refractivity contribution is 6.36. The van der Waals surface area contributed by atoms with E-state index in [0.717, 1.165) is 23.2 Å². The normalized spacial score (nSPS) is 14.4. The van der Waals surface area contributed by atoms with Gasteiger partial charge in [0.2, 0.25) is 0 Å². The average molecular weight is 358 g/mol. The minimum Gasteiger partial charge on any atom is -0.490 e. The van der Waals surface area contributed by atoms with Crippen molar-refractivity contribution in [3.05, 3.63) is 52.5 Å². The summed E-state index contributed by atoms with van der Waals surface area (Å²) in [6.45, 7) is 5.17. The topological polar surface area (TPSA) is 47.6 Å². The number of carbonyl (C=O) groups excluding carboxylic acids is 1. The van der Waals surface area contributed by atoms with Crippen LogP contribution >= 0.6 is 11.6 Å². The molecule has 0 fully saturated rings. The van der Waals surface area contributed by atoms with Crippen LogP contribution in [0.25, 0.3) is 11.6 Å². The lowest BCUT2D eigenvalue weighted by atomic mass is 10.0. The molecule has 1 N–H and O–H groups in total. The largest absolute Gasteiger partial charge is 0.490 e. The van der Waals surface area contributed by atoms with E-state index < -0.39 is 0 Å². The number of nitrogens with one attached hydrogen (secondary N) is 1. The van der Waals surface area contributed by atoms with Crippen LogP contribution in [0, 0.1) is 0 Å². The quantitative estimate of drug-likeness (QED) is 0.738. The fourth-order valence-electron chi connectivity index (χ4n) is 2.69. The molecule has 1 aliphatic heterocycles. The highest BCUT2D eigenvalue weighted by Gasteiger charge is 2.24. The number of ether oxygens (including phenoxy) is 2. The zero-order valence-corrected chi connectivity index (χ0v) is 15.0. The van der Waals surface area contributed by atoms with Crippen molar-refractivity contribution in [2.24, 2.45) is 0 Å². The molecular formula is C20H20ClNO3. The van der Waals surface area contributed by atoms with Crippen LogP contribution in [0.3, 0.4) is 0 Å². The minimum atomic E-state index is -0.137. The fraction of sp³-hybridized carbons (Fsp3) is 0.250. The summed E-state index contributed by atoms with van der Waals surface area (Å²) in [5.74, 6) is 1.26. The number of hydrogen-bond donors (Lipinski definition) is 1. The van der Waals surface area contributed by atoms with E-state index in [1.807, 2.05) is 37.3 Å². The Morgan fingerprint density at radius 3 is 2.68 bits per heavy atom. The van der Waals surface area contributed by atoms with Crippen LogP contribution in [0.5, 0.6) is 11.5 Å². The van der Waals surface area contributed by atoms with Gasteiger partial charge in [0, 0.05) is 16.2 Å². The van der Waals surface area contributed by atoms with E-state index in [4.69, 9.17) is 21.1 Å². The summed E-state index contributed by atoms with van der Waals surface area (Å²) in [5.41, 5.74) is 3.06. The van der Waals surface area contributed by atoms with Crippen molar-refractivity contribution in [3.8, 4) is 11.5 Å². The standard InChI is InChI=1S/C20H20ClNO3/c1-3-9-25-18-8-5-13(11-19(18)24-4-2)10-16-15-7-6-14(21)12-17(15)22-20(16)23/h5-8,10-12H,3-4,9H2,1-2H3,(H,22,23)/b16-10+. The van der Waals surface area contributed by atoms with Crippen molar-refractivity contribution in [3.63, 3.8) is 0 Å². The molecule has 0 radical (unpaired) electrons. The molecule has 1 aliphatic rings. The Balaban J connectivity index is 1.96. The second-order valence-corrected chi connectivity index (χ2v) is 6.13. The Kier molecular flexibility index (Phi) is 5.29. The zero-order valence-electron chi connectivity index (χ0n) is 14.3. The van der Waals surface area contributed by atoms with Gasteiger partial charge in [0.15, 0.2) is 11.5 Å². The Morgan fingerprint density at radius 2 is 1.92 bits per heavy atom. The van der Waals surface area contributed by atoms with Gasteiger partial charge in [-0.05, 0) is 49.2 Å². The average Bonchev–Trinajstić information content (AvgIpc) is 2.89. The van der Waals surface area contributed by atoms with Gasteiger partial charge in [0.05, 0.1) is 18.9 Å². The molecule has 1 heterocycles. The van der Waals surface area contributed by atoms with E-state index in [0.29, 0.717) is 35.3 Å². The summed E-state index contributed by atoms with van der Waals surface area (Å²) in [5, 5.41) is 3.43. The molecule has 3 rings (SSSR count). The fourth-order valence-corrected chi connectivity index (χ4v) is 2.86. The SMILES string of the molecule is CCCOc1ccc(/C=C2/C(=O)Nc3cc(Cl)ccc32)cc1OCC. The third kappa shape index (κ3) is 3.80. The lowest BCUT2D eigenvalue weighted by Crippen LogP contribution is -2.03. The van der Waals surface area contributed by atoms with Crippen LogP contribution in [0.2, 0.25) is 5.02 Å². The van der Waals surface area contributed by atoms with E-state index >= 15 is 0 Å². The molecule has 25 heavy (non-hydrogen) atoms. The van der Waals surface area contributed by atoms with Gasteiger partial charge in [-0.3, -0.25) is 4.79 Å². The van der Waals surface area contributed by atoms with Gasteiger partial charge in [0.25, 0.3) is 5.91 Å². The second-order valence-electron chi connectivity index (χ2n) is 5.69. The predicted octanol–water partition coefficient (Wildman–Crippen LogP) is 5.02. The van der Waals surface area contributed by atoms with E-state index in [-0.39, 0.29) is 5.91 Å². The van der Waals surface area contributed by atoms with Gasteiger partial charge in [-0.2, -0.15) is 0 Å². The summed E-state index contributed by atoms with van der Waals surface area (Å²) >= 11 is 5.99. The van der Waals surface area contributed by atoms with E-state index in [1.54, 1.807) is 12.1 Å². The highest BCUT2D eigenvalue weighted by atomic mass is 35.5. The van der Waals surface area contributed by atoms with E-state index in [1.165, 1.54) is 0 Å². The van der Waals surface area contributed by atoms with Gasteiger partial charge in [0.1, 0.15) is 0 Å². The number of carbonyl (C=O) groups is 1. The summed E-state index contributed by atoms with van der Waals surface area (Å²) in [6, 6.07) is 11.1. The van der Waals surface area contributed by atoms with Crippen LogP contribution in [-0.2, 0) is 4.79 Å². The Hall–Kier alpha value is -2.46. The number of anilines is 1. The van der Waals surface area contributed by atoms with Crippen LogP contribution in [-0.4, -0.2) is 19.1 Å². The lowest BCUT2D eigenvalue weighted by Gasteiger charge is -2.12. The first kappa shape index (κ1) is 17.4. The molecule has 0 saturated heterocycles. The number of fused-ring (bicyclic) bond motifs is 1. The molecule has 0 bridgehead atoms. The maximum atomic E-state index is 12.3. The molecule has 0 aliphatic carbocycles. The number of rotatable bonds is 6. The Morgan fingerprint density at radius 1 is 1.08 bits per heavy atom. The summed E-state index contributed by atoms with van der Waals surface area (Å²) in [4.78, 5) is 12.3. The smallest absolute Gasteiger partial charge is 0.256 e. The summed E-state index contributed by atoms with van der Waals surface area (Å²) < 4.78 is 11.4. The molecule has 1 amide bonds. The van der Waals surface area contributed by atoms with E-state index in [9.17, 15) is 4.79 Å². The second kappa shape index (κ2) is 7.62. The lowest BCUT2D eigenvalue weighted by molar-refractivity contribution is -0.110. The molecule has 0 atom stereocenters. The molecule has 0 unspecified atom stereocenters. The molecule has 5 heteroatoms. The first-order valence-electron chi connectivity index (χ1n) is 8.35. The zero-order chi connectivity index (χ0) is 17.8. The molecule has 0 spiro atoms. The van der Waals surface area contributed by atoms with Crippen LogP contribution < -0.4 is 14.8 Å². The van der Waals surface area contributed by atoms with Gasteiger partial charge >= 0.3 is 0 Å². The van der Waals surface area contributed by atoms with Crippen LogP contribution in [0.15, 0.2) is 36.4 Å². The van der Waals surface area contributed by atoms with Gasteiger partial charge in [-0.1, -0.05) is 30.7 Å². The Bertz CT molecular complexity index is 830. The summed E-state index contributed by atoms with van der Waals surface area (Å²) in [6.07, 6.45) is 2.78. The third-order valence-electron chi connectivity index (χ3n) is 3.80. The minimum absolute atomic E-state index is 0.137. The number of halogens is 1. The maximum Gasteiger partial charge on any atom is 0.256 e. The summed E-state index contributed by atoms with van der Waals surface area (Å²) in [7, 11) is 0. The maximum absolute atomic E-state index is 12.3. The molecule has 2 aromatic rings. The highest BCUT2D eigenvalue weighted by Crippen LogP contribution is 2.36. The van der Waals surface area contributed by atoms with Gasteiger partial charge < -0.3 is 14.8 Å². The van der Waals surface area contributed by atoms with Gasteiger partial charge in [-0.15, -0.1) is 0 Å². The van der Waals surface area contributed by atoms with Crippen LogP contribution in [0.1, 0.15) is 31.4 Å². The van der Waals surface area contributed by atoms with Crippen molar-refractivity contribution < 1.29 is 14.3 Å². The Labute approximate surface area is 152 Å². The van der Waals surface area contributed by atoms with Crippen molar-refractivity contribution >= 4 is 34.8 Å². The molecule has 0 saturated carbocycles.